The molecule has 0 atom stereocenters. The molecule has 3 heterocycles. The van der Waals surface area contributed by atoms with Crippen molar-refractivity contribution >= 4 is 35.1 Å². The van der Waals surface area contributed by atoms with Gasteiger partial charge in [0.2, 0.25) is 0 Å². The molecule has 1 amide bonds. The molecule has 0 radical (unpaired) electrons. The summed E-state index contributed by atoms with van der Waals surface area (Å²) in [4.78, 5) is 21.8. The van der Waals surface area contributed by atoms with Crippen molar-refractivity contribution in [2.24, 2.45) is 5.73 Å². The topological polar surface area (TPSA) is 136 Å². The number of benzene rings is 1. The van der Waals surface area contributed by atoms with E-state index in [0.717, 1.165) is 11.3 Å². The Balaban J connectivity index is 0.00000256. The lowest BCUT2D eigenvalue weighted by molar-refractivity contribution is 0.102. The molecule has 4 N–H and O–H groups in total. The zero-order valence-corrected chi connectivity index (χ0v) is 17.6. The molecule has 0 aliphatic heterocycles. The van der Waals surface area contributed by atoms with Crippen molar-refractivity contribution in [3.8, 4) is 11.4 Å². The second-order valence-corrected chi connectivity index (χ2v) is 7.04. The summed E-state index contributed by atoms with van der Waals surface area (Å²) in [6, 6.07) is 9.07. The SMILES string of the molecule is Cc1noc2nc(C(C)C)cc(C(=O)Nc3ccc(-c4n[nH]c(CN)n4)cc3)c12.Cl. The number of amides is 1. The first-order valence-electron chi connectivity index (χ1n) is 9.26. The average molecular weight is 428 g/mol. The summed E-state index contributed by atoms with van der Waals surface area (Å²) in [5.74, 6) is 1.07. The number of carbonyl (C=O) groups excluding carboxylic acids is 1. The van der Waals surface area contributed by atoms with Gasteiger partial charge in [0.15, 0.2) is 5.82 Å². The van der Waals surface area contributed by atoms with Crippen LogP contribution in [0.25, 0.3) is 22.5 Å². The number of rotatable bonds is 5. The molecule has 10 heteroatoms. The number of nitrogens with one attached hydrogen (secondary N) is 2. The van der Waals surface area contributed by atoms with E-state index in [4.69, 9.17) is 10.3 Å². The number of nitrogens with two attached hydrogens (primary N) is 1. The van der Waals surface area contributed by atoms with E-state index in [0.29, 0.717) is 46.2 Å². The summed E-state index contributed by atoms with van der Waals surface area (Å²) in [5.41, 5.74) is 9.28. The number of hydrogen-bond donors (Lipinski definition) is 3. The van der Waals surface area contributed by atoms with Crippen molar-refractivity contribution < 1.29 is 9.32 Å². The number of aryl methyl sites for hydroxylation is 1. The Hall–Kier alpha value is -3.30. The standard InChI is InChI=1S/C20H21N7O2.ClH/c1-10(2)15-8-14(17-11(3)27-29-20(17)23-15)19(28)22-13-6-4-12(5-7-13)18-24-16(9-21)25-26-18;/h4-8,10H,9,21H2,1-3H3,(H,22,28)(H,24,25,26);1H. The predicted molar refractivity (Wildman–Crippen MR) is 116 cm³/mol. The number of pyridine rings is 1. The summed E-state index contributed by atoms with van der Waals surface area (Å²) in [6.07, 6.45) is 0. The molecular formula is C20H22ClN7O2. The highest BCUT2D eigenvalue weighted by atomic mass is 35.5. The summed E-state index contributed by atoms with van der Waals surface area (Å²) in [5, 5.41) is 14.4. The number of carbonyl (C=O) groups is 1. The molecule has 0 unspecified atom stereocenters. The molecule has 30 heavy (non-hydrogen) atoms. The number of anilines is 1. The first-order chi connectivity index (χ1) is 14.0. The third-order valence-corrected chi connectivity index (χ3v) is 4.60. The summed E-state index contributed by atoms with van der Waals surface area (Å²) < 4.78 is 5.29. The number of halogens is 1. The van der Waals surface area contributed by atoms with Crippen LogP contribution < -0.4 is 11.1 Å². The number of H-pyrrole nitrogens is 1. The van der Waals surface area contributed by atoms with Crippen LogP contribution in [-0.4, -0.2) is 31.2 Å². The van der Waals surface area contributed by atoms with Crippen molar-refractivity contribution in [3.63, 3.8) is 0 Å². The van der Waals surface area contributed by atoms with E-state index >= 15 is 0 Å². The van der Waals surface area contributed by atoms with Crippen LogP contribution >= 0.6 is 12.4 Å². The average Bonchev–Trinajstić information content (AvgIpc) is 3.35. The maximum atomic E-state index is 13.0. The van der Waals surface area contributed by atoms with Crippen molar-refractivity contribution in [2.75, 3.05) is 5.32 Å². The van der Waals surface area contributed by atoms with Gasteiger partial charge in [-0.25, -0.2) is 9.97 Å². The molecule has 3 aromatic heterocycles. The molecule has 4 rings (SSSR count). The van der Waals surface area contributed by atoms with E-state index in [1.54, 1.807) is 25.1 Å². The summed E-state index contributed by atoms with van der Waals surface area (Å²) in [7, 11) is 0. The van der Waals surface area contributed by atoms with Crippen LogP contribution in [0.4, 0.5) is 5.69 Å². The maximum Gasteiger partial charge on any atom is 0.259 e. The molecular weight excluding hydrogens is 406 g/mol. The number of fused-ring (bicyclic) bond motifs is 1. The van der Waals surface area contributed by atoms with Crippen molar-refractivity contribution in [2.45, 2.75) is 33.2 Å². The Bertz CT molecular complexity index is 1180. The van der Waals surface area contributed by atoms with Gasteiger partial charge >= 0.3 is 0 Å². The first kappa shape index (κ1) is 21.4. The predicted octanol–water partition coefficient (Wildman–Crippen LogP) is 3.57. The van der Waals surface area contributed by atoms with Gasteiger partial charge in [-0.2, -0.15) is 5.10 Å². The van der Waals surface area contributed by atoms with Gasteiger partial charge in [-0.1, -0.05) is 19.0 Å². The lowest BCUT2D eigenvalue weighted by atomic mass is 10.0. The normalized spacial score (nSPS) is 11.0. The van der Waals surface area contributed by atoms with Crippen LogP contribution in [0.3, 0.4) is 0 Å². The number of aromatic amines is 1. The number of hydrogen-bond acceptors (Lipinski definition) is 7. The zero-order valence-electron chi connectivity index (χ0n) is 16.8. The van der Waals surface area contributed by atoms with Crippen molar-refractivity contribution in [3.05, 3.63) is 53.1 Å². The van der Waals surface area contributed by atoms with Gasteiger partial charge in [0.05, 0.1) is 23.2 Å². The van der Waals surface area contributed by atoms with Crippen LogP contribution in [0.5, 0.6) is 0 Å². The molecule has 0 aliphatic rings. The summed E-state index contributed by atoms with van der Waals surface area (Å²) in [6.45, 7) is 6.11. The highest BCUT2D eigenvalue weighted by Crippen LogP contribution is 2.26. The molecule has 0 fully saturated rings. The highest BCUT2D eigenvalue weighted by Gasteiger charge is 2.20. The summed E-state index contributed by atoms with van der Waals surface area (Å²) >= 11 is 0. The van der Waals surface area contributed by atoms with Gasteiger partial charge in [-0.3, -0.25) is 9.89 Å². The zero-order chi connectivity index (χ0) is 20.5. The Morgan fingerprint density at radius 1 is 1.23 bits per heavy atom. The minimum absolute atomic E-state index is 0. The minimum Gasteiger partial charge on any atom is -0.336 e. The molecule has 9 nitrogen and oxygen atoms in total. The Kier molecular flexibility index (Phi) is 6.14. The van der Waals surface area contributed by atoms with Gasteiger partial charge < -0.3 is 15.6 Å². The Morgan fingerprint density at radius 2 is 1.97 bits per heavy atom. The van der Waals surface area contributed by atoms with Crippen LogP contribution in [0.1, 0.15) is 47.3 Å². The smallest absolute Gasteiger partial charge is 0.259 e. The van der Waals surface area contributed by atoms with E-state index < -0.39 is 0 Å². The van der Waals surface area contributed by atoms with Gasteiger partial charge in [0, 0.05) is 16.9 Å². The van der Waals surface area contributed by atoms with E-state index in [2.05, 4.69) is 30.6 Å². The quantitative estimate of drug-likeness (QED) is 0.442. The van der Waals surface area contributed by atoms with Crippen LogP contribution in [0.15, 0.2) is 34.9 Å². The fraction of sp³-hybridized carbons (Fsp3) is 0.250. The third-order valence-electron chi connectivity index (χ3n) is 4.60. The largest absolute Gasteiger partial charge is 0.336 e. The van der Waals surface area contributed by atoms with Gasteiger partial charge in [-0.15, -0.1) is 12.4 Å². The fourth-order valence-electron chi connectivity index (χ4n) is 3.01. The second kappa shape index (κ2) is 8.60. The molecule has 1 aromatic carbocycles. The number of aromatic nitrogens is 5. The number of nitrogens with zero attached hydrogens (tertiary/aromatic N) is 4. The van der Waals surface area contributed by atoms with Gasteiger partial charge in [0.1, 0.15) is 5.82 Å². The fourth-order valence-corrected chi connectivity index (χ4v) is 3.01. The van der Waals surface area contributed by atoms with Crippen molar-refractivity contribution in [1.82, 2.24) is 25.3 Å². The van der Waals surface area contributed by atoms with Crippen LogP contribution in [0, 0.1) is 6.92 Å². The first-order valence-corrected chi connectivity index (χ1v) is 9.26. The second-order valence-electron chi connectivity index (χ2n) is 7.04. The molecule has 4 aromatic rings. The molecule has 0 aliphatic carbocycles. The van der Waals surface area contributed by atoms with E-state index in [1.165, 1.54) is 0 Å². The van der Waals surface area contributed by atoms with Crippen LogP contribution in [0.2, 0.25) is 0 Å². The molecule has 0 saturated carbocycles. The Labute approximate surface area is 178 Å². The maximum absolute atomic E-state index is 13.0. The molecule has 156 valence electrons. The minimum atomic E-state index is -0.248. The molecule has 0 saturated heterocycles. The molecule has 0 bridgehead atoms. The van der Waals surface area contributed by atoms with E-state index in [9.17, 15) is 4.79 Å². The van der Waals surface area contributed by atoms with E-state index in [1.807, 2.05) is 26.0 Å². The Morgan fingerprint density at radius 3 is 2.60 bits per heavy atom. The molecule has 0 spiro atoms. The monoisotopic (exact) mass is 427 g/mol. The lowest BCUT2D eigenvalue weighted by Gasteiger charge is -2.10. The van der Waals surface area contributed by atoms with Crippen molar-refractivity contribution in [1.29, 1.82) is 0 Å². The third kappa shape index (κ3) is 4.03. The van der Waals surface area contributed by atoms with Gasteiger partial charge in [-0.05, 0) is 43.2 Å². The van der Waals surface area contributed by atoms with Crippen LogP contribution in [-0.2, 0) is 6.54 Å². The van der Waals surface area contributed by atoms with Gasteiger partial charge in [0.25, 0.3) is 11.6 Å². The lowest BCUT2D eigenvalue weighted by Crippen LogP contribution is -2.13. The highest BCUT2D eigenvalue weighted by molar-refractivity contribution is 6.12. The van der Waals surface area contributed by atoms with E-state index in [-0.39, 0.29) is 24.2 Å².